The molecule has 0 aliphatic carbocycles. The fraction of sp³-hybridized carbons (Fsp3) is 0.333. The second kappa shape index (κ2) is 4.26. The zero-order valence-corrected chi connectivity index (χ0v) is 8.81. The number of anilines is 1. The lowest BCUT2D eigenvalue weighted by Gasteiger charge is -2.17. The van der Waals surface area contributed by atoms with Gasteiger partial charge in [-0.25, -0.2) is 0 Å². The number of Topliss-reactive ketones (excluding diaryl/α,β-unsaturated/α-hetero) is 1. The van der Waals surface area contributed by atoms with Crippen LogP contribution in [-0.4, -0.2) is 25.2 Å². The van der Waals surface area contributed by atoms with Crippen molar-refractivity contribution in [3.05, 3.63) is 29.8 Å². The first-order valence-electron chi connectivity index (χ1n) is 5.11. The highest BCUT2D eigenvalue weighted by molar-refractivity contribution is 5.86. The molecule has 1 aliphatic rings. The molecular formula is C12H14N2O. The number of ketones is 1. The van der Waals surface area contributed by atoms with Crippen molar-refractivity contribution in [2.24, 2.45) is 4.99 Å². The molecule has 0 saturated carbocycles. The Kier molecular flexibility index (Phi) is 2.81. The quantitative estimate of drug-likeness (QED) is 0.746. The van der Waals surface area contributed by atoms with Crippen molar-refractivity contribution < 1.29 is 4.79 Å². The third-order valence-electron chi connectivity index (χ3n) is 2.43. The summed E-state index contributed by atoms with van der Waals surface area (Å²) in [6.45, 7) is 3.37. The molecular weight excluding hydrogens is 188 g/mol. The SMILES string of the molecule is CC(=O)Cc1ccccc1N1C=NCC1. The van der Waals surface area contributed by atoms with Crippen molar-refractivity contribution in [1.29, 1.82) is 0 Å². The first-order valence-corrected chi connectivity index (χ1v) is 5.11. The van der Waals surface area contributed by atoms with Gasteiger partial charge in [0.2, 0.25) is 0 Å². The Hall–Kier alpha value is -1.64. The molecule has 0 bridgehead atoms. The number of para-hydroxylation sites is 1. The number of aliphatic imine (C=N–C) groups is 1. The summed E-state index contributed by atoms with van der Waals surface area (Å²) >= 11 is 0. The molecule has 1 aliphatic heterocycles. The summed E-state index contributed by atoms with van der Waals surface area (Å²) in [6, 6.07) is 8.00. The summed E-state index contributed by atoms with van der Waals surface area (Å²) in [5, 5.41) is 0. The molecule has 2 rings (SSSR count). The van der Waals surface area contributed by atoms with Gasteiger partial charge in [-0.2, -0.15) is 0 Å². The highest BCUT2D eigenvalue weighted by atomic mass is 16.1. The lowest BCUT2D eigenvalue weighted by Crippen LogP contribution is -2.20. The first kappa shape index (κ1) is 9.90. The van der Waals surface area contributed by atoms with Gasteiger partial charge in [0, 0.05) is 18.7 Å². The van der Waals surface area contributed by atoms with Gasteiger partial charge in [-0.1, -0.05) is 18.2 Å². The van der Waals surface area contributed by atoms with Gasteiger partial charge >= 0.3 is 0 Å². The zero-order valence-electron chi connectivity index (χ0n) is 8.81. The Morgan fingerprint density at radius 3 is 2.93 bits per heavy atom. The van der Waals surface area contributed by atoms with Crippen LogP contribution in [0.3, 0.4) is 0 Å². The summed E-state index contributed by atoms with van der Waals surface area (Å²) < 4.78 is 0. The van der Waals surface area contributed by atoms with Gasteiger partial charge in [0.15, 0.2) is 0 Å². The standard InChI is InChI=1S/C12H14N2O/c1-10(15)8-11-4-2-3-5-12(11)14-7-6-13-9-14/h2-5,9H,6-8H2,1H3. The highest BCUT2D eigenvalue weighted by Crippen LogP contribution is 2.21. The van der Waals surface area contributed by atoms with Crippen LogP contribution in [0.1, 0.15) is 12.5 Å². The number of nitrogens with zero attached hydrogens (tertiary/aromatic N) is 2. The van der Waals surface area contributed by atoms with E-state index in [9.17, 15) is 4.79 Å². The van der Waals surface area contributed by atoms with E-state index in [2.05, 4.69) is 9.89 Å². The maximum Gasteiger partial charge on any atom is 0.134 e. The van der Waals surface area contributed by atoms with Gasteiger partial charge in [-0.15, -0.1) is 0 Å². The van der Waals surface area contributed by atoms with E-state index in [0.29, 0.717) is 6.42 Å². The van der Waals surface area contributed by atoms with E-state index >= 15 is 0 Å². The van der Waals surface area contributed by atoms with Gasteiger partial charge in [0.25, 0.3) is 0 Å². The minimum absolute atomic E-state index is 0.193. The molecule has 0 unspecified atom stereocenters. The van der Waals surface area contributed by atoms with Gasteiger partial charge in [-0.3, -0.25) is 9.79 Å². The Bertz CT molecular complexity index is 398. The van der Waals surface area contributed by atoms with E-state index in [0.717, 1.165) is 24.3 Å². The summed E-state index contributed by atoms with van der Waals surface area (Å²) in [5.74, 6) is 0.193. The Morgan fingerprint density at radius 2 is 2.27 bits per heavy atom. The second-order valence-electron chi connectivity index (χ2n) is 3.72. The number of carbonyl (C=O) groups excluding carboxylic acids is 1. The molecule has 0 radical (unpaired) electrons. The van der Waals surface area contributed by atoms with Crippen molar-refractivity contribution in [2.75, 3.05) is 18.0 Å². The topological polar surface area (TPSA) is 32.7 Å². The minimum atomic E-state index is 0.193. The fourth-order valence-corrected chi connectivity index (χ4v) is 1.77. The van der Waals surface area contributed by atoms with Crippen LogP contribution in [0.2, 0.25) is 0 Å². The van der Waals surface area contributed by atoms with Crippen LogP contribution >= 0.6 is 0 Å². The minimum Gasteiger partial charge on any atom is -0.331 e. The largest absolute Gasteiger partial charge is 0.331 e. The van der Waals surface area contributed by atoms with Crippen molar-refractivity contribution in [2.45, 2.75) is 13.3 Å². The molecule has 3 heteroatoms. The molecule has 1 aromatic carbocycles. The van der Waals surface area contributed by atoms with Crippen LogP contribution < -0.4 is 4.90 Å². The lowest BCUT2D eigenvalue weighted by molar-refractivity contribution is -0.116. The number of carbonyl (C=O) groups is 1. The van der Waals surface area contributed by atoms with E-state index in [1.54, 1.807) is 6.92 Å². The molecule has 0 aromatic heterocycles. The summed E-state index contributed by atoms with van der Waals surface area (Å²) in [5.41, 5.74) is 2.19. The predicted molar refractivity (Wildman–Crippen MR) is 61.5 cm³/mol. The summed E-state index contributed by atoms with van der Waals surface area (Å²) in [6.07, 6.45) is 2.35. The lowest BCUT2D eigenvalue weighted by atomic mass is 10.1. The number of hydrogen-bond donors (Lipinski definition) is 0. The average molecular weight is 202 g/mol. The molecule has 15 heavy (non-hydrogen) atoms. The van der Waals surface area contributed by atoms with Gasteiger partial charge in [-0.05, 0) is 18.6 Å². The molecule has 0 saturated heterocycles. The third-order valence-corrected chi connectivity index (χ3v) is 2.43. The van der Waals surface area contributed by atoms with Crippen molar-refractivity contribution >= 4 is 17.8 Å². The predicted octanol–water partition coefficient (Wildman–Crippen LogP) is 1.67. The molecule has 3 nitrogen and oxygen atoms in total. The van der Waals surface area contributed by atoms with Crippen LogP contribution in [0.15, 0.2) is 29.3 Å². The van der Waals surface area contributed by atoms with Crippen molar-refractivity contribution in [3.63, 3.8) is 0 Å². The van der Waals surface area contributed by atoms with Crippen LogP contribution in [0.4, 0.5) is 5.69 Å². The molecule has 0 amide bonds. The van der Waals surface area contributed by atoms with E-state index < -0.39 is 0 Å². The number of benzene rings is 1. The molecule has 0 atom stereocenters. The van der Waals surface area contributed by atoms with Crippen molar-refractivity contribution in [3.8, 4) is 0 Å². The summed E-state index contributed by atoms with van der Waals surface area (Å²) in [4.78, 5) is 17.4. The fourth-order valence-electron chi connectivity index (χ4n) is 1.77. The zero-order chi connectivity index (χ0) is 10.7. The molecule has 78 valence electrons. The van der Waals surface area contributed by atoms with E-state index in [1.807, 2.05) is 30.6 Å². The molecule has 0 spiro atoms. The Morgan fingerprint density at radius 1 is 1.47 bits per heavy atom. The normalized spacial score (nSPS) is 14.6. The maximum atomic E-state index is 11.1. The molecule has 0 fully saturated rings. The van der Waals surface area contributed by atoms with Gasteiger partial charge < -0.3 is 4.90 Å². The van der Waals surface area contributed by atoms with Crippen LogP contribution in [0.25, 0.3) is 0 Å². The third kappa shape index (κ3) is 2.24. The van der Waals surface area contributed by atoms with E-state index in [-0.39, 0.29) is 5.78 Å². The van der Waals surface area contributed by atoms with E-state index in [4.69, 9.17) is 0 Å². The highest BCUT2D eigenvalue weighted by Gasteiger charge is 2.12. The maximum absolute atomic E-state index is 11.1. The monoisotopic (exact) mass is 202 g/mol. The molecule has 0 N–H and O–H groups in total. The Labute approximate surface area is 89.4 Å². The van der Waals surface area contributed by atoms with Gasteiger partial charge in [0.1, 0.15) is 5.78 Å². The molecule has 1 aromatic rings. The van der Waals surface area contributed by atoms with Crippen molar-refractivity contribution in [1.82, 2.24) is 0 Å². The van der Waals surface area contributed by atoms with Crippen LogP contribution in [-0.2, 0) is 11.2 Å². The summed E-state index contributed by atoms with van der Waals surface area (Å²) in [7, 11) is 0. The van der Waals surface area contributed by atoms with Gasteiger partial charge in [0.05, 0.1) is 12.9 Å². The first-order chi connectivity index (χ1) is 7.27. The smallest absolute Gasteiger partial charge is 0.134 e. The van der Waals surface area contributed by atoms with Crippen LogP contribution in [0.5, 0.6) is 0 Å². The number of rotatable bonds is 3. The number of hydrogen-bond acceptors (Lipinski definition) is 3. The Balaban J connectivity index is 2.28. The molecule has 1 heterocycles. The van der Waals surface area contributed by atoms with E-state index in [1.165, 1.54) is 0 Å². The second-order valence-corrected chi connectivity index (χ2v) is 3.72. The average Bonchev–Trinajstić information content (AvgIpc) is 2.70. The van der Waals surface area contributed by atoms with Crippen LogP contribution in [0, 0.1) is 0 Å².